The number of morpholine rings is 1. The van der Waals surface area contributed by atoms with Crippen LogP contribution in [0, 0.1) is 5.92 Å². The summed E-state index contributed by atoms with van der Waals surface area (Å²) in [5.74, 6) is 0.128. The van der Waals surface area contributed by atoms with Crippen LogP contribution in [0.1, 0.15) is 54.6 Å². The number of hydrogen-bond acceptors (Lipinski definition) is 4. The zero-order valence-corrected chi connectivity index (χ0v) is 21.3. The lowest BCUT2D eigenvalue weighted by Crippen LogP contribution is -2.48. The van der Waals surface area contributed by atoms with Gasteiger partial charge in [-0.25, -0.2) is 0 Å². The number of hydrogen-bond donors (Lipinski definition) is 1. The lowest BCUT2D eigenvalue weighted by Gasteiger charge is -2.35. The molecule has 2 aliphatic rings. The first-order chi connectivity index (χ1) is 17.4. The van der Waals surface area contributed by atoms with Gasteiger partial charge in [-0.3, -0.25) is 14.4 Å². The second kappa shape index (κ2) is 12.2. The van der Waals surface area contributed by atoms with E-state index >= 15 is 0 Å². The fourth-order valence-corrected chi connectivity index (χ4v) is 5.07. The summed E-state index contributed by atoms with van der Waals surface area (Å²) >= 11 is 0. The van der Waals surface area contributed by atoms with Gasteiger partial charge in [0.1, 0.15) is 0 Å². The number of aryl methyl sites for hydroxylation is 1. The van der Waals surface area contributed by atoms with Crippen LogP contribution in [0.25, 0.3) is 0 Å². The third-order valence-electron chi connectivity index (χ3n) is 7.06. The van der Waals surface area contributed by atoms with E-state index in [0.29, 0.717) is 57.5 Å². The van der Waals surface area contributed by atoms with Crippen LogP contribution in [0.2, 0.25) is 0 Å². The molecule has 0 spiro atoms. The molecular weight excluding hydrogens is 454 g/mol. The molecular formula is C29H37N3O4. The molecule has 2 atom stereocenters. The van der Waals surface area contributed by atoms with Crippen molar-refractivity contribution >= 4 is 17.7 Å². The lowest BCUT2D eigenvalue weighted by molar-refractivity contribution is -0.135. The maximum atomic E-state index is 12.8. The summed E-state index contributed by atoms with van der Waals surface area (Å²) in [6.07, 6.45) is 2.69. The van der Waals surface area contributed by atoms with E-state index in [-0.39, 0.29) is 35.8 Å². The molecule has 0 saturated carbocycles. The van der Waals surface area contributed by atoms with Crippen molar-refractivity contribution in [1.82, 2.24) is 15.1 Å². The van der Waals surface area contributed by atoms with Crippen molar-refractivity contribution in [3.05, 3.63) is 71.3 Å². The number of amides is 3. The van der Waals surface area contributed by atoms with E-state index in [4.69, 9.17) is 4.74 Å². The second-order valence-corrected chi connectivity index (χ2v) is 10.0. The fraction of sp³-hybridized carbons (Fsp3) is 0.483. The van der Waals surface area contributed by atoms with Crippen molar-refractivity contribution in [2.75, 3.05) is 26.2 Å². The lowest BCUT2D eigenvalue weighted by atomic mass is 9.95. The highest BCUT2D eigenvalue weighted by Gasteiger charge is 2.28. The average Bonchev–Trinajstić information content (AvgIpc) is 2.90. The van der Waals surface area contributed by atoms with Gasteiger partial charge in [0.25, 0.3) is 5.91 Å². The number of piperidine rings is 1. The molecule has 4 rings (SSSR count). The highest BCUT2D eigenvalue weighted by atomic mass is 16.5. The zero-order valence-electron chi connectivity index (χ0n) is 21.3. The van der Waals surface area contributed by atoms with Gasteiger partial charge < -0.3 is 19.9 Å². The van der Waals surface area contributed by atoms with Crippen molar-refractivity contribution in [2.24, 2.45) is 5.92 Å². The molecule has 0 aromatic heterocycles. The van der Waals surface area contributed by atoms with Crippen LogP contribution in [-0.4, -0.2) is 65.9 Å². The van der Waals surface area contributed by atoms with E-state index in [0.717, 1.165) is 12.0 Å². The van der Waals surface area contributed by atoms with E-state index < -0.39 is 0 Å². The smallest absolute Gasteiger partial charge is 0.254 e. The van der Waals surface area contributed by atoms with Gasteiger partial charge in [0.05, 0.1) is 12.2 Å². The summed E-state index contributed by atoms with van der Waals surface area (Å²) in [6.45, 7) is 6.83. The van der Waals surface area contributed by atoms with Gasteiger partial charge in [-0.15, -0.1) is 0 Å². The maximum absolute atomic E-state index is 12.8. The molecule has 3 amide bonds. The molecule has 1 N–H and O–H groups in total. The molecule has 2 aromatic rings. The number of nitrogens with one attached hydrogen (secondary N) is 1. The molecule has 2 heterocycles. The first-order valence-corrected chi connectivity index (χ1v) is 13.0. The summed E-state index contributed by atoms with van der Waals surface area (Å²) in [7, 11) is 0. The van der Waals surface area contributed by atoms with Gasteiger partial charge in [-0.1, -0.05) is 42.5 Å². The van der Waals surface area contributed by atoms with Crippen LogP contribution in [-0.2, 0) is 27.3 Å². The Bertz CT molecular complexity index is 1020. The van der Waals surface area contributed by atoms with Crippen molar-refractivity contribution < 1.29 is 19.1 Å². The highest BCUT2D eigenvalue weighted by Crippen LogP contribution is 2.19. The Balaban J connectivity index is 1.19. The van der Waals surface area contributed by atoms with E-state index in [1.807, 2.05) is 78.2 Å². The van der Waals surface area contributed by atoms with Gasteiger partial charge in [-0.2, -0.15) is 0 Å². The Hall–Kier alpha value is -3.19. The molecule has 2 unspecified atom stereocenters. The monoisotopic (exact) mass is 491 g/mol. The fourth-order valence-electron chi connectivity index (χ4n) is 5.07. The molecule has 2 saturated heterocycles. The predicted molar refractivity (Wildman–Crippen MR) is 138 cm³/mol. The van der Waals surface area contributed by atoms with E-state index in [1.165, 1.54) is 5.56 Å². The van der Waals surface area contributed by atoms with Crippen LogP contribution in [0.5, 0.6) is 0 Å². The summed E-state index contributed by atoms with van der Waals surface area (Å²) in [5, 5.41) is 3.03. The van der Waals surface area contributed by atoms with Gasteiger partial charge in [0, 0.05) is 50.6 Å². The number of benzene rings is 2. The Kier molecular flexibility index (Phi) is 8.75. The summed E-state index contributed by atoms with van der Waals surface area (Å²) in [6, 6.07) is 17.5. The van der Waals surface area contributed by atoms with Crippen molar-refractivity contribution in [1.29, 1.82) is 0 Å². The second-order valence-electron chi connectivity index (χ2n) is 10.0. The molecule has 2 aliphatic heterocycles. The quantitative estimate of drug-likeness (QED) is 0.644. The molecule has 7 heteroatoms. The molecule has 0 bridgehead atoms. The topological polar surface area (TPSA) is 79.0 Å². The first kappa shape index (κ1) is 25.9. The predicted octanol–water partition coefficient (Wildman–Crippen LogP) is 3.42. The minimum absolute atomic E-state index is 0.0117. The number of likely N-dealkylation sites (tertiary alicyclic amines) is 1. The van der Waals surface area contributed by atoms with Gasteiger partial charge in [0.2, 0.25) is 11.8 Å². The maximum Gasteiger partial charge on any atom is 0.254 e. The SMILES string of the molecule is CC1CN(C(=O)c2ccc(CNC(=O)C3CCN(C(=O)CCc4ccccc4)CC3)cc2)CC(C)O1. The Labute approximate surface area is 213 Å². The average molecular weight is 492 g/mol. The summed E-state index contributed by atoms with van der Waals surface area (Å²) in [5.41, 5.74) is 2.77. The van der Waals surface area contributed by atoms with Crippen LogP contribution in [0.4, 0.5) is 0 Å². The molecule has 0 aliphatic carbocycles. The van der Waals surface area contributed by atoms with Crippen LogP contribution >= 0.6 is 0 Å². The molecule has 2 aromatic carbocycles. The van der Waals surface area contributed by atoms with Crippen LogP contribution < -0.4 is 5.32 Å². The normalized spacial score (nSPS) is 20.7. The Morgan fingerprint density at radius 2 is 1.50 bits per heavy atom. The number of rotatable bonds is 7. The van der Waals surface area contributed by atoms with E-state index in [9.17, 15) is 14.4 Å². The van der Waals surface area contributed by atoms with Gasteiger partial charge >= 0.3 is 0 Å². The Morgan fingerprint density at radius 1 is 0.861 bits per heavy atom. The van der Waals surface area contributed by atoms with E-state index in [1.54, 1.807) is 0 Å². The number of carbonyl (C=O) groups excluding carboxylic acids is 3. The largest absolute Gasteiger partial charge is 0.372 e. The highest BCUT2D eigenvalue weighted by molar-refractivity contribution is 5.94. The molecule has 0 radical (unpaired) electrons. The standard InChI is InChI=1S/C29H37N3O4/c1-21-19-32(20-22(2)36-21)29(35)26-11-8-24(9-12-26)18-30-28(34)25-14-16-31(17-15-25)27(33)13-10-23-6-4-3-5-7-23/h3-9,11-12,21-22,25H,10,13-20H2,1-2H3,(H,30,34). The van der Waals surface area contributed by atoms with Crippen LogP contribution in [0.3, 0.4) is 0 Å². The van der Waals surface area contributed by atoms with Gasteiger partial charge in [-0.05, 0) is 56.4 Å². The number of ether oxygens (including phenoxy) is 1. The molecule has 7 nitrogen and oxygen atoms in total. The number of nitrogens with zero attached hydrogens (tertiary/aromatic N) is 2. The third-order valence-corrected chi connectivity index (χ3v) is 7.06. The zero-order chi connectivity index (χ0) is 25.5. The molecule has 36 heavy (non-hydrogen) atoms. The van der Waals surface area contributed by atoms with Gasteiger partial charge in [0.15, 0.2) is 0 Å². The summed E-state index contributed by atoms with van der Waals surface area (Å²) in [4.78, 5) is 41.8. The summed E-state index contributed by atoms with van der Waals surface area (Å²) < 4.78 is 5.72. The first-order valence-electron chi connectivity index (χ1n) is 13.0. The van der Waals surface area contributed by atoms with Crippen LogP contribution in [0.15, 0.2) is 54.6 Å². The Morgan fingerprint density at radius 3 is 2.14 bits per heavy atom. The molecule has 2 fully saturated rings. The number of carbonyl (C=O) groups is 3. The van der Waals surface area contributed by atoms with Crippen molar-refractivity contribution in [2.45, 2.75) is 58.3 Å². The third kappa shape index (κ3) is 6.94. The minimum atomic E-state index is -0.0747. The van der Waals surface area contributed by atoms with Crippen molar-refractivity contribution in [3.63, 3.8) is 0 Å². The van der Waals surface area contributed by atoms with Crippen molar-refractivity contribution in [3.8, 4) is 0 Å². The molecule has 192 valence electrons. The van der Waals surface area contributed by atoms with E-state index in [2.05, 4.69) is 5.32 Å². The minimum Gasteiger partial charge on any atom is -0.372 e.